The third-order valence-electron chi connectivity index (χ3n) is 7.72. The van der Waals surface area contributed by atoms with Gasteiger partial charge in [0.15, 0.2) is 0 Å². The predicted molar refractivity (Wildman–Crippen MR) is 157 cm³/mol. The summed E-state index contributed by atoms with van der Waals surface area (Å²) in [4.78, 5) is 29.6. The SMILES string of the molecule is COc1cc(C)cc(OC)c1CN(C(=O)c1ccc2ccccc2c1)C1CCN(c2ccc(C(=O)O)cc2)CC1. The van der Waals surface area contributed by atoms with E-state index >= 15 is 0 Å². The van der Waals surface area contributed by atoms with E-state index in [1.165, 1.54) is 0 Å². The molecule has 7 nitrogen and oxygen atoms in total. The van der Waals surface area contributed by atoms with Gasteiger partial charge in [0, 0.05) is 30.4 Å². The molecule has 1 amide bonds. The van der Waals surface area contributed by atoms with Gasteiger partial charge < -0.3 is 24.4 Å². The van der Waals surface area contributed by atoms with Crippen LogP contribution in [0.4, 0.5) is 5.69 Å². The molecule has 1 fully saturated rings. The number of methoxy groups -OCH3 is 2. The zero-order valence-electron chi connectivity index (χ0n) is 23.1. The molecule has 1 aliphatic rings. The van der Waals surface area contributed by atoms with Crippen molar-refractivity contribution in [2.45, 2.75) is 32.4 Å². The van der Waals surface area contributed by atoms with E-state index in [0.29, 0.717) is 23.6 Å². The average Bonchev–Trinajstić information content (AvgIpc) is 2.99. The minimum atomic E-state index is -0.935. The van der Waals surface area contributed by atoms with Gasteiger partial charge in [-0.05, 0) is 84.6 Å². The van der Waals surface area contributed by atoms with Crippen LogP contribution in [0.2, 0.25) is 0 Å². The fraction of sp³-hybridized carbons (Fsp3) is 0.273. The molecule has 0 aliphatic carbocycles. The highest BCUT2D eigenvalue weighted by Crippen LogP contribution is 2.34. The van der Waals surface area contributed by atoms with Crippen molar-refractivity contribution in [1.82, 2.24) is 4.90 Å². The molecule has 1 heterocycles. The number of carboxylic acids is 1. The summed E-state index contributed by atoms with van der Waals surface area (Å²) >= 11 is 0. The van der Waals surface area contributed by atoms with Crippen molar-refractivity contribution in [3.05, 3.63) is 101 Å². The van der Waals surface area contributed by atoms with Crippen molar-refractivity contribution >= 4 is 28.3 Å². The van der Waals surface area contributed by atoms with Crippen molar-refractivity contribution in [3.8, 4) is 11.5 Å². The largest absolute Gasteiger partial charge is 0.496 e. The van der Waals surface area contributed by atoms with Crippen LogP contribution in [0.25, 0.3) is 10.8 Å². The highest BCUT2D eigenvalue weighted by atomic mass is 16.5. The molecular weight excluding hydrogens is 504 g/mol. The van der Waals surface area contributed by atoms with Gasteiger partial charge in [-0.2, -0.15) is 0 Å². The maximum atomic E-state index is 14.2. The Morgan fingerprint density at radius 1 is 0.850 bits per heavy atom. The number of carboxylic acid groups (broad SMARTS) is 1. The number of hydrogen-bond acceptors (Lipinski definition) is 5. The van der Waals surface area contributed by atoms with Crippen LogP contribution in [0.15, 0.2) is 78.9 Å². The molecule has 0 bridgehead atoms. The molecule has 0 unspecified atom stereocenters. The molecule has 0 aromatic heterocycles. The lowest BCUT2D eigenvalue weighted by molar-refractivity contribution is 0.0627. The van der Waals surface area contributed by atoms with Gasteiger partial charge in [-0.1, -0.05) is 30.3 Å². The molecule has 4 aromatic carbocycles. The summed E-state index contributed by atoms with van der Waals surface area (Å²) in [5.41, 5.74) is 3.77. The third-order valence-corrected chi connectivity index (χ3v) is 7.72. The number of carbonyl (C=O) groups is 2. The molecular formula is C33H34N2O5. The lowest BCUT2D eigenvalue weighted by Crippen LogP contribution is -2.47. The van der Waals surface area contributed by atoms with Gasteiger partial charge >= 0.3 is 5.97 Å². The number of aromatic carboxylic acids is 1. The Labute approximate surface area is 234 Å². The molecule has 0 spiro atoms. The fourth-order valence-corrected chi connectivity index (χ4v) is 5.55. The third kappa shape index (κ3) is 5.59. The second-order valence-corrected chi connectivity index (χ2v) is 10.2. The first-order chi connectivity index (χ1) is 19.4. The summed E-state index contributed by atoms with van der Waals surface area (Å²) in [6.45, 7) is 3.85. The highest BCUT2D eigenvalue weighted by molar-refractivity contribution is 5.98. The fourth-order valence-electron chi connectivity index (χ4n) is 5.55. The van der Waals surface area contributed by atoms with E-state index in [-0.39, 0.29) is 17.5 Å². The van der Waals surface area contributed by atoms with Crippen LogP contribution in [0.1, 0.15) is 44.7 Å². The Kier molecular flexibility index (Phi) is 7.91. The van der Waals surface area contributed by atoms with Crippen molar-refractivity contribution in [1.29, 1.82) is 0 Å². The maximum absolute atomic E-state index is 14.2. The minimum Gasteiger partial charge on any atom is -0.496 e. The Balaban J connectivity index is 1.45. The summed E-state index contributed by atoms with van der Waals surface area (Å²) < 4.78 is 11.5. The Bertz CT molecular complexity index is 1500. The molecule has 4 aromatic rings. The van der Waals surface area contributed by atoms with Gasteiger partial charge in [-0.15, -0.1) is 0 Å². The summed E-state index contributed by atoms with van der Waals surface area (Å²) in [7, 11) is 3.28. The van der Waals surface area contributed by atoms with Gasteiger partial charge in [0.2, 0.25) is 0 Å². The molecule has 1 N–H and O–H groups in total. The Morgan fingerprint density at radius 2 is 1.45 bits per heavy atom. The van der Waals surface area contributed by atoms with Crippen LogP contribution in [0, 0.1) is 6.92 Å². The van der Waals surface area contributed by atoms with E-state index in [1.54, 1.807) is 26.4 Å². The van der Waals surface area contributed by atoms with Crippen LogP contribution in [-0.2, 0) is 6.54 Å². The van der Waals surface area contributed by atoms with Gasteiger partial charge in [-0.3, -0.25) is 4.79 Å². The van der Waals surface area contributed by atoms with E-state index in [4.69, 9.17) is 9.47 Å². The zero-order valence-corrected chi connectivity index (χ0v) is 23.1. The molecule has 7 heteroatoms. The molecule has 0 saturated carbocycles. The second kappa shape index (κ2) is 11.7. The molecule has 0 atom stereocenters. The van der Waals surface area contributed by atoms with E-state index in [9.17, 15) is 14.7 Å². The number of fused-ring (bicyclic) bond motifs is 1. The van der Waals surface area contributed by atoms with E-state index in [0.717, 1.165) is 53.5 Å². The number of ether oxygens (including phenoxy) is 2. The first kappa shape index (κ1) is 27.1. The van der Waals surface area contributed by atoms with Gasteiger partial charge in [0.1, 0.15) is 11.5 Å². The van der Waals surface area contributed by atoms with Crippen LogP contribution in [0.5, 0.6) is 11.5 Å². The monoisotopic (exact) mass is 538 g/mol. The van der Waals surface area contributed by atoms with Gasteiger partial charge in [-0.25, -0.2) is 4.79 Å². The molecule has 0 radical (unpaired) electrons. The number of amides is 1. The Morgan fingerprint density at radius 3 is 2.05 bits per heavy atom. The zero-order chi connectivity index (χ0) is 28.2. The maximum Gasteiger partial charge on any atom is 0.335 e. The van der Waals surface area contributed by atoms with Crippen LogP contribution >= 0.6 is 0 Å². The quantitative estimate of drug-likeness (QED) is 0.289. The van der Waals surface area contributed by atoms with Crippen molar-refractivity contribution in [2.24, 2.45) is 0 Å². The average molecular weight is 539 g/mol. The van der Waals surface area contributed by atoms with Crippen molar-refractivity contribution in [2.75, 3.05) is 32.2 Å². The van der Waals surface area contributed by atoms with E-state index in [1.807, 2.05) is 78.6 Å². The van der Waals surface area contributed by atoms with E-state index < -0.39 is 5.97 Å². The number of aryl methyl sites for hydroxylation is 1. The standard InChI is InChI=1S/C33H34N2O5/c1-22-18-30(39-2)29(31(19-22)40-3)21-35(32(36)26-9-8-23-6-4-5-7-25(23)20-26)28-14-16-34(17-15-28)27-12-10-24(11-13-27)33(37)38/h4-13,18-20,28H,14-17,21H2,1-3H3,(H,37,38). The van der Waals surface area contributed by atoms with Gasteiger partial charge in [0.05, 0.1) is 31.9 Å². The van der Waals surface area contributed by atoms with Crippen LogP contribution in [0.3, 0.4) is 0 Å². The lowest BCUT2D eigenvalue weighted by Gasteiger charge is -2.40. The second-order valence-electron chi connectivity index (χ2n) is 10.2. The van der Waals surface area contributed by atoms with Gasteiger partial charge in [0.25, 0.3) is 5.91 Å². The van der Waals surface area contributed by atoms with Crippen LogP contribution < -0.4 is 14.4 Å². The molecule has 40 heavy (non-hydrogen) atoms. The predicted octanol–water partition coefficient (Wildman–Crippen LogP) is 6.18. The smallest absolute Gasteiger partial charge is 0.335 e. The number of rotatable bonds is 8. The normalized spacial score (nSPS) is 13.7. The molecule has 1 saturated heterocycles. The van der Waals surface area contributed by atoms with E-state index in [2.05, 4.69) is 4.90 Å². The summed E-state index contributed by atoms with van der Waals surface area (Å²) in [5, 5.41) is 11.3. The summed E-state index contributed by atoms with van der Waals surface area (Å²) in [5.74, 6) is 0.433. The number of anilines is 1. The van der Waals surface area contributed by atoms with Crippen molar-refractivity contribution < 1.29 is 24.2 Å². The summed E-state index contributed by atoms with van der Waals surface area (Å²) in [6.07, 6.45) is 1.55. The lowest BCUT2D eigenvalue weighted by atomic mass is 9.98. The number of hydrogen-bond donors (Lipinski definition) is 1. The number of piperidine rings is 1. The topological polar surface area (TPSA) is 79.3 Å². The Hall–Kier alpha value is -4.52. The molecule has 1 aliphatic heterocycles. The number of nitrogens with zero attached hydrogens (tertiary/aromatic N) is 2. The molecule has 206 valence electrons. The first-order valence-corrected chi connectivity index (χ1v) is 13.5. The number of benzene rings is 4. The van der Waals surface area contributed by atoms with Crippen LogP contribution in [-0.4, -0.2) is 55.2 Å². The summed E-state index contributed by atoms with van der Waals surface area (Å²) in [6, 6.07) is 24.8. The number of carbonyl (C=O) groups excluding carboxylic acids is 1. The highest BCUT2D eigenvalue weighted by Gasteiger charge is 2.31. The first-order valence-electron chi connectivity index (χ1n) is 13.5. The van der Waals surface area contributed by atoms with Crippen molar-refractivity contribution in [3.63, 3.8) is 0 Å². The minimum absolute atomic E-state index is 0.00392. The molecule has 5 rings (SSSR count).